The molecule has 1 aromatic heterocycles. The molecule has 1 aliphatic heterocycles. The van der Waals surface area contributed by atoms with Crippen molar-refractivity contribution in [2.45, 2.75) is 38.2 Å². The molecule has 1 N–H and O–H groups in total. The molecule has 5 nitrogen and oxygen atoms in total. The van der Waals surface area contributed by atoms with E-state index in [1.165, 1.54) is 0 Å². The largest absolute Gasteiger partial charge is 0.381 e. The Kier molecular flexibility index (Phi) is 4.53. The second-order valence-electron chi connectivity index (χ2n) is 4.95. The molecule has 2 rings (SSSR count). The highest BCUT2D eigenvalue weighted by Gasteiger charge is 2.32. The van der Waals surface area contributed by atoms with Gasteiger partial charge in [0, 0.05) is 45.6 Å². The quantitative estimate of drug-likeness (QED) is 0.890. The van der Waals surface area contributed by atoms with Gasteiger partial charge in [-0.2, -0.15) is 0 Å². The first-order chi connectivity index (χ1) is 8.65. The zero-order chi connectivity index (χ0) is 13.0. The van der Waals surface area contributed by atoms with Crippen LogP contribution in [0.3, 0.4) is 0 Å². The molecule has 18 heavy (non-hydrogen) atoms. The van der Waals surface area contributed by atoms with Gasteiger partial charge in [0.2, 0.25) is 5.13 Å². The number of anilines is 1. The van der Waals surface area contributed by atoms with Gasteiger partial charge in [0.1, 0.15) is 5.01 Å². The van der Waals surface area contributed by atoms with E-state index in [9.17, 15) is 0 Å². The van der Waals surface area contributed by atoms with Crippen LogP contribution in [0.1, 0.15) is 37.6 Å². The maximum Gasteiger partial charge on any atom is 0.205 e. The number of rotatable bonds is 5. The lowest BCUT2D eigenvalue weighted by Crippen LogP contribution is -2.44. The van der Waals surface area contributed by atoms with E-state index in [4.69, 9.17) is 9.47 Å². The van der Waals surface area contributed by atoms with Crippen molar-refractivity contribution in [2.75, 3.05) is 32.2 Å². The summed E-state index contributed by atoms with van der Waals surface area (Å²) in [6.45, 7) is 6.55. The van der Waals surface area contributed by atoms with E-state index in [1.54, 1.807) is 18.4 Å². The average Bonchev–Trinajstić information content (AvgIpc) is 2.87. The number of nitrogens with zero attached hydrogens (tertiary/aromatic N) is 2. The second kappa shape index (κ2) is 5.95. The normalized spacial score (nSPS) is 19.1. The van der Waals surface area contributed by atoms with Crippen molar-refractivity contribution >= 4 is 16.5 Å². The fraction of sp³-hybridized carbons (Fsp3) is 0.833. The summed E-state index contributed by atoms with van der Waals surface area (Å²) >= 11 is 1.62. The summed E-state index contributed by atoms with van der Waals surface area (Å²) in [5.41, 5.74) is -0.123. The molecule has 0 aliphatic carbocycles. The minimum Gasteiger partial charge on any atom is -0.381 e. The van der Waals surface area contributed by atoms with Crippen molar-refractivity contribution in [2.24, 2.45) is 0 Å². The number of ether oxygens (including phenoxy) is 2. The monoisotopic (exact) mass is 271 g/mol. The van der Waals surface area contributed by atoms with Crippen molar-refractivity contribution < 1.29 is 9.47 Å². The van der Waals surface area contributed by atoms with Crippen molar-refractivity contribution in [3.05, 3.63) is 5.01 Å². The summed E-state index contributed by atoms with van der Waals surface area (Å²) in [6, 6.07) is 0. The van der Waals surface area contributed by atoms with Crippen molar-refractivity contribution in [1.82, 2.24) is 10.2 Å². The zero-order valence-corrected chi connectivity index (χ0v) is 12.0. The standard InChI is InChI=1S/C12H21N3O2S/c1-9(2)10-14-15-11(18-10)13-8-12(16-3)4-6-17-7-5-12/h9H,4-8H2,1-3H3,(H,13,15). The molecule has 0 radical (unpaired) electrons. The lowest BCUT2D eigenvalue weighted by Gasteiger charge is -2.35. The highest BCUT2D eigenvalue weighted by atomic mass is 32.1. The van der Waals surface area contributed by atoms with Crippen molar-refractivity contribution in [1.29, 1.82) is 0 Å². The molecule has 2 heterocycles. The second-order valence-corrected chi connectivity index (χ2v) is 5.96. The summed E-state index contributed by atoms with van der Waals surface area (Å²) < 4.78 is 11.0. The molecule has 0 unspecified atom stereocenters. The van der Waals surface area contributed by atoms with Crippen molar-refractivity contribution in [3.63, 3.8) is 0 Å². The van der Waals surface area contributed by atoms with Gasteiger partial charge in [-0.1, -0.05) is 25.2 Å². The van der Waals surface area contributed by atoms with E-state index in [-0.39, 0.29) is 5.60 Å². The third-order valence-corrected chi connectivity index (χ3v) is 4.51. The average molecular weight is 271 g/mol. The van der Waals surface area contributed by atoms with Crippen LogP contribution in [0.25, 0.3) is 0 Å². The van der Waals surface area contributed by atoms with Gasteiger partial charge in [-0.25, -0.2) is 0 Å². The van der Waals surface area contributed by atoms with E-state index < -0.39 is 0 Å². The van der Waals surface area contributed by atoms with Crippen molar-refractivity contribution in [3.8, 4) is 0 Å². The van der Waals surface area contributed by atoms with Crippen LogP contribution in [0.2, 0.25) is 0 Å². The van der Waals surface area contributed by atoms with Crippen LogP contribution in [0.5, 0.6) is 0 Å². The first kappa shape index (κ1) is 13.7. The first-order valence-electron chi connectivity index (χ1n) is 6.35. The van der Waals surface area contributed by atoms with Gasteiger partial charge in [0.05, 0.1) is 5.60 Å². The van der Waals surface area contributed by atoms with E-state index in [0.717, 1.165) is 42.7 Å². The third-order valence-electron chi connectivity index (χ3n) is 3.33. The molecule has 1 aromatic rings. The minimum absolute atomic E-state index is 0.123. The van der Waals surface area contributed by atoms with E-state index in [1.807, 2.05) is 0 Å². The van der Waals surface area contributed by atoms with Crippen LogP contribution in [0, 0.1) is 0 Å². The molecule has 0 atom stereocenters. The van der Waals surface area contributed by atoms with Gasteiger partial charge in [-0.3, -0.25) is 0 Å². The van der Waals surface area contributed by atoms with Gasteiger partial charge in [0.25, 0.3) is 0 Å². The van der Waals surface area contributed by atoms with Crippen LogP contribution in [0.15, 0.2) is 0 Å². The van der Waals surface area contributed by atoms with E-state index in [0.29, 0.717) is 5.92 Å². The molecule has 0 saturated carbocycles. The summed E-state index contributed by atoms with van der Waals surface area (Å²) in [7, 11) is 1.77. The molecular weight excluding hydrogens is 250 g/mol. The van der Waals surface area contributed by atoms with Gasteiger partial charge in [-0.05, 0) is 0 Å². The lowest BCUT2D eigenvalue weighted by molar-refractivity contribution is -0.0807. The molecule has 0 bridgehead atoms. The minimum atomic E-state index is -0.123. The highest BCUT2D eigenvalue weighted by molar-refractivity contribution is 7.15. The SMILES string of the molecule is COC1(CNc2nnc(C(C)C)s2)CCOCC1. The summed E-state index contributed by atoms with van der Waals surface area (Å²) in [5, 5.41) is 13.6. The molecule has 6 heteroatoms. The van der Waals surface area contributed by atoms with Crippen LogP contribution in [-0.2, 0) is 9.47 Å². The fourth-order valence-corrected chi connectivity index (χ4v) is 2.71. The summed E-state index contributed by atoms with van der Waals surface area (Å²) in [6.07, 6.45) is 1.85. The van der Waals surface area contributed by atoms with E-state index >= 15 is 0 Å². The van der Waals surface area contributed by atoms with Gasteiger partial charge in [-0.15, -0.1) is 10.2 Å². The predicted molar refractivity (Wildman–Crippen MR) is 72.3 cm³/mol. The third kappa shape index (κ3) is 3.18. The van der Waals surface area contributed by atoms with Crippen LogP contribution < -0.4 is 5.32 Å². The molecule has 1 saturated heterocycles. The van der Waals surface area contributed by atoms with Gasteiger partial charge >= 0.3 is 0 Å². The van der Waals surface area contributed by atoms with Gasteiger partial charge < -0.3 is 14.8 Å². The Bertz CT molecular complexity index is 375. The Morgan fingerprint density at radius 1 is 1.39 bits per heavy atom. The Morgan fingerprint density at radius 2 is 2.11 bits per heavy atom. The maximum absolute atomic E-state index is 5.67. The topological polar surface area (TPSA) is 56.3 Å². The molecule has 1 aliphatic rings. The Balaban J connectivity index is 1.92. The van der Waals surface area contributed by atoms with E-state index in [2.05, 4.69) is 29.4 Å². The molecule has 0 spiro atoms. The number of hydrogen-bond acceptors (Lipinski definition) is 6. The highest BCUT2D eigenvalue weighted by Crippen LogP contribution is 2.27. The summed E-state index contributed by atoms with van der Waals surface area (Å²) in [5.74, 6) is 0.428. The Morgan fingerprint density at radius 3 is 2.67 bits per heavy atom. The Labute approximate surface area is 112 Å². The van der Waals surface area contributed by atoms with Gasteiger partial charge in [0.15, 0.2) is 0 Å². The zero-order valence-electron chi connectivity index (χ0n) is 11.2. The smallest absolute Gasteiger partial charge is 0.205 e. The maximum atomic E-state index is 5.67. The van der Waals surface area contributed by atoms with Crippen LogP contribution in [0.4, 0.5) is 5.13 Å². The number of aromatic nitrogens is 2. The Hall–Kier alpha value is -0.720. The number of nitrogens with one attached hydrogen (secondary N) is 1. The number of methoxy groups -OCH3 is 1. The molecular formula is C12H21N3O2S. The van der Waals surface area contributed by atoms with Crippen LogP contribution in [-0.4, -0.2) is 42.7 Å². The molecule has 102 valence electrons. The first-order valence-corrected chi connectivity index (χ1v) is 7.17. The molecule has 0 amide bonds. The van der Waals surface area contributed by atoms with Crippen LogP contribution >= 0.6 is 11.3 Å². The molecule has 1 fully saturated rings. The number of hydrogen-bond donors (Lipinski definition) is 1. The fourth-order valence-electron chi connectivity index (χ4n) is 1.97. The summed E-state index contributed by atoms with van der Waals surface area (Å²) in [4.78, 5) is 0. The lowest BCUT2D eigenvalue weighted by atomic mass is 9.94. The molecule has 0 aromatic carbocycles. The predicted octanol–water partition coefficient (Wildman–Crippen LogP) is 2.27.